The number of hydrogen-bond acceptors (Lipinski definition) is 3. The third-order valence-electron chi connectivity index (χ3n) is 5.23. The fourth-order valence-electron chi connectivity index (χ4n) is 3.47. The molecule has 1 fully saturated rings. The lowest BCUT2D eigenvalue weighted by molar-refractivity contribution is -0.122. The number of rotatable bonds is 3. The summed E-state index contributed by atoms with van der Waals surface area (Å²) in [6.07, 6.45) is 3.37. The third kappa shape index (κ3) is 3.43. The first-order chi connectivity index (χ1) is 14.3. The average molecular weight is 399 g/mol. The first-order valence-corrected chi connectivity index (χ1v) is 9.58. The van der Waals surface area contributed by atoms with Gasteiger partial charge in [0.2, 0.25) is 0 Å². The number of benzene rings is 2. The van der Waals surface area contributed by atoms with E-state index in [9.17, 15) is 14.4 Å². The van der Waals surface area contributed by atoms with E-state index in [-0.39, 0.29) is 5.57 Å². The highest BCUT2D eigenvalue weighted by Gasteiger charge is 2.37. The second-order valence-electron chi connectivity index (χ2n) is 7.35. The van der Waals surface area contributed by atoms with E-state index < -0.39 is 17.8 Å². The van der Waals surface area contributed by atoms with Gasteiger partial charge >= 0.3 is 6.03 Å². The minimum absolute atomic E-state index is 0.0851. The summed E-state index contributed by atoms with van der Waals surface area (Å²) < 4.78 is 1.98. The maximum Gasteiger partial charge on any atom is 0.335 e. The van der Waals surface area contributed by atoms with Crippen molar-refractivity contribution in [3.05, 3.63) is 88.8 Å². The number of aryl methyl sites for hydroxylation is 3. The second-order valence-corrected chi connectivity index (χ2v) is 7.35. The Labute approximate surface area is 174 Å². The Hall–Kier alpha value is -3.93. The van der Waals surface area contributed by atoms with Crippen molar-refractivity contribution in [2.75, 3.05) is 4.90 Å². The molecule has 2 heterocycles. The van der Waals surface area contributed by atoms with Gasteiger partial charge in [0, 0.05) is 17.6 Å². The number of anilines is 1. The highest BCUT2D eigenvalue weighted by Crippen LogP contribution is 2.25. The number of urea groups is 1. The lowest BCUT2D eigenvalue weighted by atomic mass is 10.1. The largest absolute Gasteiger partial charge is 0.335 e. The van der Waals surface area contributed by atoms with E-state index in [1.165, 1.54) is 6.08 Å². The van der Waals surface area contributed by atoms with Gasteiger partial charge in [0.1, 0.15) is 5.57 Å². The number of hydrogen-bond donors (Lipinski definition) is 1. The number of nitrogens with one attached hydrogen (secondary N) is 1. The van der Waals surface area contributed by atoms with E-state index >= 15 is 0 Å². The van der Waals surface area contributed by atoms with Gasteiger partial charge in [-0.25, -0.2) is 9.69 Å². The van der Waals surface area contributed by atoms with Gasteiger partial charge in [-0.05, 0) is 73.9 Å². The summed E-state index contributed by atoms with van der Waals surface area (Å²) in [6, 6.07) is 16.2. The Morgan fingerprint density at radius 1 is 0.833 bits per heavy atom. The zero-order chi connectivity index (χ0) is 21.4. The van der Waals surface area contributed by atoms with Crippen LogP contribution in [0.4, 0.5) is 10.5 Å². The Morgan fingerprint density at radius 2 is 1.57 bits per heavy atom. The molecule has 2 aromatic carbocycles. The summed E-state index contributed by atoms with van der Waals surface area (Å²) in [6.45, 7) is 5.80. The second kappa shape index (κ2) is 7.48. The molecule has 0 unspecified atom stereocenters. The first kappa shape index (κ1) is 19.4. The van der Waals surface area contributed by atoms with Crippen molar-refractivity contribution >= 4 is 29.6 Å². The highest BCUT2D eigenvalue weighted by atomic mass is 16.2. The fourth-order valence-corrected chi connectivity index (χ4v) is 3.47. The van der Waals surface area contributed by atoms with Crippen molar-refractivity contribution in [3.63, 3.8) is 0 Å². The zero-order valence-electron chi connectivity index (χ0n) is 17.0. The zero-order valence-corrected chi connectivity index (χ0v) is 17.0. The molecule has 0 atom stereocenters. The van der Waals surface area contributed by atoms with Gasteiger partial charge in [-0.15, -0.1) is 0 Å². The Morgan fingerprint density at radius 3 is 2.27 bits per heavy atom. The van der Waals surface area contributed by atoms with Crippen LogP contribution in [0.3, 0.4) is 0 Å². The molecule has 1 aliphatic heterocycles. The number of carbonyl (C=O) groups is 3. The van der Waals surface area contributed by atoms with Crippen LogP contribution in [0, 0.1) is 20.8 Å². The van der Waals surface area contributed by atoms with Gasteiger partial charge in [-0.2, -0.15) is 0 Å². The van der Waals surface area contributed by atoms with Crippen molar-refractivity contribution < 1.29 is 14.4 Å². The van der Waals surface area contributed by atoms with Crippen LogP contribution in [-0.2, 0) is 9.59 Å². The van der Waals surface area contributed by atoms with Gasteiger partial charge in [-0.3, -0.25) is 14.9 Å². The van der Waals surface area contributed by atoms with Crippen molar-refractivity contribution in [3.8, 4) is 5.69 Å². The van der Waals surface area contributed by atoms with Gasteiger partial charge in [0.05, 0.1) is 5.69 Å². The molecule has 0 saturated carbocycles. The van der Waals surface area contributed by atoms with Gasteiger partial charge in [-0.1, -0.05) is 24.3 Å². The van der Waals surface area contributed by atoms with Crippen molar-refractivity contribution in [2.24, 2.45) is 0 Å². The van der Waals surface area contributed by atoms with Gasteiger partial charge in [0.25, 0.3) is 11.8 Å². The molecule has 0 aliphatic carbocycles. The fraction of sp³-hybridized carbons (Fsp3) is 0.125. The van der Waals surface area contributed by atoms with Crippen molar-refractivity contribution in [1.82, 2.24) is 9.88 Å². The van der Waals surface area contributed by atoms with E-state index in [1.807, 2.05) is 74.0 Å². The average Bonchev–Trinajstić information content (AvgIpc) is 3.08. The maximum absolute atomic E-state index is 13.1. The summed E-state index contributed by atoms with van der Waals surface area (Å²) >= 11 is 0. The monoisotopic (exact) mass is 399 g/mol. The molecule has 4 amide bonds. The van der Waals surface area contributed by atoms with Crippen molar-refractivity contribution in [2.45, 2.75) is 20.8 Å². The topological polar surface area (TPSA) is 71.4 Å². The van der Waals surface area contributed by atoms with Crippen LogP contribution in [0.2, 0.25) is 0 Å². The van der Waals surface area contributed by atoms with Crippen LogP contribution < -0.4 is 10.2 Å². The summed E-state index contributed by atoms with van der Waals surface area (Å²) in [5, 5.41) is 2.27. The number of carbonyl (C=O) groups excluding carboxylic acids is 3. The number of amides is 4. The molecule has 0 radical (unpaired) electrons. The van der Waals surface area contributed by atoms with E-state index in [1.54, 1.807) is 12.1 Å². The molecular weight excluding hydrogens is 378 g/mol. The van der Waals surface area contributed by atoms with Crippen LogP contribution in [0.5, 0.6) is 0 Å². The molecule has 6 nitrogen and oxygen atoms in total. The van der Waals surface area contributed by atoms with Crippen LogP contribution >= 0.6 is 0 Å². The smallest absolute Gasteiger partial charge is 0.321 e. The van der Waals surface area contributed by atoms with Crippen molar-refractivity contribution in [1.29, 1.82) is 0 Å². The molecule has 6 heteroatoms. The molecule has 30 heavy (non-hydrogen) atoms. The number of nitrogens with zero attached hydrogens (tertiary/aromatic N) is 2. The summed E-state index contributed by atoms with van der Waals surface area (Å²) in [7, 11) is 0. The molecule has 3 aromatic rings. The quantitative estimate of drug-likeness (QED) is 0.533. The lowest BCUT2D eigenvalue weighted by Crippen LogP contribution is -2.54. The van der Waals surface area contributed by atoms with E-state index in [4.69, 9.17) is 0 Å². The Kier molecular flexibility index (Phi) is 4.83. The molecule has 1 N–H and O–H groups in total. The predicted molar refractivity (Wildman–Crippen MR) is 115 cm³/mol. The maximum atomic E-state index is 13.1. The minimum atomic E-state index is -0.747. The minimum Gasteiger partial charge on any atom is -0.321 e. The summed E-state index contributed by atoms with van der Waals surface area (Å²) in [5.74, 6) is -1.34. The lowest BCUT2D eigenvalue weighted by Gasteiger charge is -2.26. The molecule has 150 valence electrons. The normalized spacial score (nSPS) is 15.6. The SMILES string of the molecule is Cc1ccc(N2C(=O)NC(=O)/C(=C/c3cc(C)n(-c4ccccc4)c3)C2=O)cc1C. The predicted octanol–water partition coefficient (Wildman–Crippen LogP) is 4.07. The molecule has 0 spiro atoms. The molecule has 1 saturated heterocycles. The molecule has 4 rings (SSSR count). The molecule has 0 bridgehead atoms. The van der Waals surface area contributed by atoms with E-state index in [0.29, 0.717) is 11.3 Å². The highest BCUT2D eigenvalue weighted by molar-refractivity contribution is 6.39. The van der Waals surface area contributed by atoms with E-state index in [0.717, 1.165) is 27.4 Å². The summed E-state index contributed by atoms with van der Waals surface area (Å²) in [5.41, 5.74) is 4.98. The number of para-hydroxylation sites is 1. The molecule has 1 aromatic heterocycles. The summed E-state index contributed by atoms with van der Waals surface area (Å²) in [4.78, 5) is 38.9. The van der Waals surface area contributed by atoms with Crippen LogP contribution in [0.25, 0.3) is 11.8 Å². The number of aromatic nitrogens is 1. The Balaban J connectivity index is 1.72. The standard InChI is InChI=1S/C24H21N3O3/c1-15-9-10-20(11-16(15)2)27-23(29)21(22(28)25-24(27)30)13-18-12-17(3)26(14-18)19-7-5-4-6-8-19/h4-14H,1-3H3,(H,25,28,30)/b21-13-. The van der Waals surface area contributed by atoms with Crippen LogP contribution in [-0.4, -0.2) is 22.4 Å². The van der Waals surface area contributed by atoms with Gasteiger partial charge < -0.3 is 4.57 Å². The number of barbiturate groups is 1. The first-order valence-electron chi connectivity index (χ1n) is 9.58. The van der Waals surface area contributed by atoms with E-state index in [2.05, 4.69) is 5.32 Å². The molecule has 1 aliphatic rings. The number of imide groups is 2. The Bertz CT molecular complexity index is 1210. The third-order valence-corrected chi connectivity index (χ3v) is 5.23. The molecular formula is C24H21N3O3. The van der Waals surface area contributed by atoms with Crippen LogP contribution in [0.1, 0.15) is 22.4 Å². The van der Waals surface area contributed by atoms with Gasteiger partial charge in [0.15, 0.2) is 0 Å². The van der Waals surface area contributed by atoms with Crippen LogP contribution in [0.15, 0.2) is 66.4 Å².